The molecule has 98 valence electrons. The fourth-order valence-corrected chi connectivity index (χ4v) is 2.03. The molecule has 0 bridgehead atoms. The molecule has 0 saturated heterocycles. The van der Waals surface area contributed by atoms with Gasteiger partial charge in [0.2, 0.25) is 0 Å². The lowest BCUT2D eigenvalue weighted by atomic mass is 10.2. The Morgan fingerprint density at radius 3 is 2.76 bits per heavy atom. The number of hydrogen-bond donors (Lipinski definition) is 1. The number of sulfone groups is 1. The van der Waals surface area contributed by atoms with Gasteiger partial charge in [0.25, 0.3) is 0 Å². The average molecular weight is 259 g/mol. The molecule has 1 aromatic heterocycles. The van der Waals surface area contributed by atoms with E-state index >= 15 is 0 Å². The van der Waals surface area contributed by atoms with Crippen LogP contribution in [-0.4, -0.2) is 37.0 Å². The van der Waals surface area contributed by atoms with Crippen LogP contribution < -0.4 is 5.32 Å². The van der Waals surface area contributed by atoms with E-state index < -0.39 is 9.84 Å². The fraction of sp³-hybridized carbons (Fsp3) is 0.727. The molecule has 17 heavy (non-hydrogen) atoms. The molecule has 1 aromatic rings. The van der Waals surface area contributed by atoms with Gasteiger partial charge >= 0.3 is 0 Å². The second kappa shape index (κ2) is 6.16. The van der Waals surface area contributed by atoms with Crippen LogP contribution in [0, 0.1) is 0 Å². The van der Waals surface area contributed by atoms with Crippen molar-refractivity contribution in [1.29, 1.82) is 0 Å². The Morgan fingerprint density at radius 1 is 1.53 bits per heavy atom. The van der Waals surface area contributed by atoms with Crippen LogP contribution in [0.4, 0.5) is 0 Å². The van der Waals surface area contributed by atoms with Crippen molar-refractivity contribution >= 4 is 9.84 Å². The first-order valence-corrected chi connectivity index (χ1v) is 7.78. The summed E-state index contributed by atoms with van der Waals surface area (Å²) >= 11 is 0. The van der Waals surface area contributed by atoms with Crippen LogP contribution in [-0.2, 0) is 16.4 Å². The van der Waals surface area contributed by atoms with Crippen molar-refractivity contribution < 1.29 is 8.42 Å². The summed E-state index contributed by atoms with van der Waals surface area (Å²) in [4.78, 5) is 0.284. The Labute approximate surface area is 103 Å². The van der Waals surface area contributed by atoms with Gasteiger partial charge in [-0.15, -0.1) is 0 Å². The highest BCUT2D eigenvalue weighted by molar-refractivity contribution is 7.90. The van der Waals surface area contributed by atoms with Gasteiger partial charge < -0.3 is 5.32 Å². The van der Waals surface area contributed by atoms with Gasteiger partial charge in [-0.2, -0.15) is 5.10 Å². The van der Waals surface area contributed by atoms with E-state index in [1.807, 2.05) is 0 Å². The third-order valence-corrected chi connectivity index (χ3v) is 3.64. The van der Waals surface area contributed by atoms with Gasteiger partial charge in [-0.1, -0.05) is 6.92 Å². The van der Waals surface area contributed by atoms with E-state index in [1.54, 1.807) is 10.9 Å². The van der Waals surface area contributed by atoms with Gasteiger partial charge in [0.1, 0.15) is 4.90 Å². The maximum Gasteiger partial charge on any atom is 0.178 e. The first kappa shape index (κ1) is 14.2. The van der Waals surface area contributed by atoms with Crippen molar-refractivity contribution in [3.63, 3.8) is 0 Å². The van der Waals surface area contributed by atoms with Crippen molar-refractivity contribution in [2.75, 3.05) is 12.8 Å². The number of nitrogens with one attached hydrogen (secondary N) is 1. The zero-order valence-electron chi connectivity index (χ0n) is 10.7. The molecule has 5 nitrogen and oxygen atoms in total. The van der Waals surface area contributed by atoms with Gasteiger partial charge in [0.05, 0.1) is 6.20 Å². The summed E-state index contributed by atoms with van der Waals surface area (Å²) in [6.45, 7) is 5.99. The molecule has 1 heterocycles. The zero-order valence-corrected chi connectivity index (χ0v) is 11.5. The largest absolute Gasteiger partial charge is 0.314 e. The van der Waals surface area contributed by atoms with E-state index in [-0.39, 0.29) is 4.90 Å². The van der Waals surface area contributed by atoms with Gasteiger partial charge in [0, 0.05) is 25.0 Å². The van der Waals surface area contributed by atoms with E-state index in [9.17, 15) is 8.42 Å². The van der Waals surface area contributed by atoms with Crippen molar-refractivity contribution in [3.05, 3.63) is 12.4 Å². The maximum atomic E-state index is 11.3. The predicted octanol–water partition coefficient (Wildman–Crippen LogP) is 1.06. The second-order valence-electron chi connectivity index (χ2n) is 4.36. The molecule has 0 aliphatic heterocycles. The van der Waals surface area contributed by atoms with Crippen LogP contribution in [0.5, 0.6) is 0 Å². The molecular formula is C11H21N3O2S. The summed E-state index contributed by atoms with van der Waals surface area (Å²) in [7, 11) is -3.13. The quantitative estimate of drug-likeness (QED) is 0.795. The highest BCUT2D eigenvalue weighted by Gasteiger charge is 2.10. The smallest absolute Gasteiger partial charge is 0.178 e. The molecule has 1 atom stereocenters. The molecule has 0 aromatic carbocycles. The van der Waals surface area contributed by atoms with E-state index in [4.69, 9.17) is 0 Å². The highest BCUT2D eigenvalue weighted by Crippen LogP contribution is 2.07. The summed E-state index contributed by atoms with van der Waals surface area (Å²) in [5, 5.41) is 7.42. The highest BCUT2D eigenvalue weighted by atomic mass is 32.2. The zero-order chi connectivity index (χ0) is 12.9. The predicted molar refractivity (Wildman–Crippen MR) is 67.7 cm³/mol. The topological polar surface area (TPSA) is 64.0 Å². The van der Waals surface area contributed by atoms with Crippen molar-refractivity contribution in [2.45, 2.75) is 44.2 Å². The van der Waals surface area contributed by atoms with Crippen molar-refractivity contribution in [3.8, 4) is 0 Å². The van der Waals surface area contributed by atoms with Crippen LogP contribution in [0.1, 0.15) is 26.7 Å². The molecule has 0 fully saturated rings. The maximum absolute atomic E-state index is 11.3. The number of nitrogens with zero attached hydrogens (tertiary/aromatic N) is 2. The molecule has 1 rings (SSSR count). The molecule has 0 amide bonds. The Morgan fingerprint density at radius 2 is 2.24 bits per heavy atom. The summed E-state index contributed by atoms with van der Waals surface area (Å²) in [6.07, 6.45) is 6.23. The molecule has 0 aliphatic carbocycles. The molecule has 0 spiro atoms. The van der Waals surface area contributed by atoms with E-state index in [1.165, 1.54) is 12.5 Å². The number of hydrogen-bond acceptors (Lipinski definition) is 4. The van der Waals surface area contributed by atoms with Crippen LogP contribution in [0.2, 0.25) is 0 Å². The first-order valence-electron chi connectivity index (χ1n) is 5.89. The lowest BCUT2D eigenvalue weighted by molar-refractivity contribution is 0.458. The SMILES string of the molecule is CCCNC(C)CCn1cc(S(C)(=O)=O)cn1. The van der Waals surface area contributed by atoms with Gasteiger partial charge in [-0.25, -0.2) is 8.42 Å². The van der Waals surface area contributed by atoms with Crippen molar-refractivity contribution in [1.82, 2.24) is 15.1 Å². The lowest BCUT2D eigenvalue weighted by Crippen LogP contribution is -2.27. The Hall–Kier alpha value is -0.880. The molecule has 0 aliphatic rings. The monoisotopic (exact) mass is 259 g/mol. The fourth-order valence-electron chi connectivity index (χ4n) is 1.48. The number of rotatable bonds is 7. The van der Waals surface area contributed by atoms with Gasteiger partial charge in [-0.3, -0.25) is 4.68 Å². The minimum atomic E-state index is -3.13. The minimum Gasteiger partial charge on any atom is -0.314 e. The number of aromatic nitrogens is 2. The Kier molecular flexibility index (Phi) is 5.14. The van der Waals surface area contributed by atoms with Gasteiger partial charge in [-0.05, 0) is 26.3 Å². The molecule has 0 radical (unpaired) electrons. The third kappa shape index (κ3) is 4.87. The first-order chi connectivity index (χ1) is 7.93. The van der Waals surface area contributed by atoms with Crippen LogP contribution in [0.3, 0.4) is 0 Å². The summed E-state index contributed by atoms with van der Waals surface area (Å²) in [5.41, 5.74) is 0. The van der Waals surface area contributed by atoms with E-state index in [0.717, 1.165) is 25.9 Å². The van der Waals surface area contributed by atoms with Crippen LogP contribution in [0.15, 0.2) is 17.3 Å². The molecule has 6 heteroatoms. The third-order valence-electron chi connectivity index (χ3n) is 2.57. The van der Waals surface area contributed by atoms with Crippen LogP contribution >= 0.6 is 0 Å². The Balaban J connectivity index is 2.45. The van der Waals surface area contributed by atoms with Gasteiger partial charge in [0.15, 0.2) is 9.84 Å². The second-order valence-corrected chi connectivity index (χ2v) is 6.37. The standard InChI is InChI=1S/C11H21N3O2S/c1-4-6-12-10(2)5-7-14-9-11(8-13-14)17(3,15)16/h8-10,12H,4-7H2,1-3H3. The Bertz CT molecular complexity index is 439. The normalized spacial score (nSPS) is 13.8. The van der Waals surface area contributed by atoms with Crippen LogP contribution in [0.25, 0.3) is 0 Å². The molecule has 0 saturated carbocycles. The summed E-state index contributed by atoms with van der Waals surface area (Å²) in [6, 6.07) is 0.417. The average Bonchev–Trinajstić information content (AvgIpc) is 2.71. The minimum absolute atomic E-state index is 0.284. The lowest BCUT2D eigenvalue weighted by Gasteiger charge is -2.12. The molecule has 1 N–H and O–H groups in total. The van der Waals surface area contributed by atoms with E-state index in [0.29, 0.717) is 6.04 Å². The van der Waals surface area contributed by atoms with E-state index in [2.05, 4.69) is 24.3 Å². The summed E-state index contributed by atoms with van der Waals surface area (Å²) in [5.74, 6) is 0. The molecular weight excluding hydrogens is 238 g/mol. The summed E-state index contributed by atoms with van der Waals surface area (Å²) < 4.78 is 24.2. The molecule has 1 unspecified atom stereocenters. The number of aryl methyl sites for hydroxylation is 1. The van der Waals surface area contributed by atoms with Crippen molar-refractivity contribution in [2.24, 2.45) is 0 Å².